The van der Waals surface area contributed by atoms with E-state index in [1.54, 1.807) is 26.6 Å². The molecule has 0 amide bonds. The highest BCUT2D eigenvalue weighted by Gasteiger charge is 2.27. The van der Waals surface area contributed by atoms with Gasteiger partial charge in [-0.15, -0.1) is 0 Å². The SMILES string of the molecule is COc1ccc(CN2CCC[C@@H](c3nn(C)c4nccnc34)C2)c(OC)c1. The number of piperidine rings is 1. The standard InChI is InChI=1S/C20H25N5O2/c1-24-20-19(21-8-9-22-20)18(23-24)15-5-4-10-25(13-15)12-14-6-7-16(26-2)11-17(14)27-3/h6-9,11,15H,4-5,10,12-13H2,1-3H3/t15-/m1/s1. The Kier molecular flexibility index (Phi) is 4.94. The monoisotopic (exact) mass is 367 g/mol. The molecule has 1 aromatic carbocycles. The number of hydrogen-bond acceptors (Lipinski definition) is 6. The van der Waals surface area contributed by atoms with Gasteiger partial charge in [0.05, 0.1) is 19.9 Å². The Morgan fingerprint density at radius 2 is 2.00 bits per heavy atom. The van der Waals surface area contributed by atoms with E-state index in [4.69, 9.17) is 14.6 Å². The fourth-order valence-corrected chi connectivity index (χ4v) is 3.93. The Bertz CT molecular complexity index is 939. The molecule has 0 N–H and O–H groups in total. The van der Waals surface area contributed by atoms with Crippen molar-refractivity contribution in [3.63, 3.8) is 0 Å². The van der Waals surface area contributed by atoms with Gasteiger partial charge in [0.25, 0.3) is 0 Å². The first-order chi connectivity index (χ1) is 13.2. The predicted molar refractivity (Wildman–Crippen MR) is 103 cm³/mol. The molecule has 3 heterocycles. The zero-order chi connectivity index (χ0) is 18.8. The minimum Gasteiger partial charge on any atom is -0.497 e. The summed E-state index contributed by atoms with van der Waals surface area (Å²) in [5.74, 6) is 2.04. The van der Waals surface area contributed by atoms with Crippen LogP contribution < -0.4 is 9.47 Å². The lowest BCUT2D eigenvalue weighted by Crippen LogP contribution is -2.34. The van der Waals surface area contributed by atoms with E-state index in [-0.39, 0.29) is 0 Å². The van der Waals surface area contributed by atoms with Gasteiger partial charge in [-0.3, -0.25) is 4.90 Å². The van der Waals surface area contributed by atoms with Crippen LogP contribution in [0.3, 0.4) is 0 Å². The normalized spacial score (nSPS) is 18.0. The van der Waals surface area contributed by atoms with Crippen LogP contribution >= 0.6 is 0 Å². The van der Waals surface area contributed by atoms with Crippen molar-refractivity contribution in [1.82, 2.24) is 24.6 Å². The maximum atomic E-state index is 5.56. The maximum absolute atomic E-state index is 5.56. The highest BCUT2D eigenvalue weighted by Crippen LogP contribution is 2.32. The van der Waals surface area contributed by atoms with E-state index in [9.17, 15) is 0 Å². The Morgan fingerprint density at radius 3 is 2.81 bits per heavy atom. The maximum Gasteiger partial charge on any atom is 0.176 e. The fourth-order valence-electron chi connectivity index (χ4n) is 3.93. The molecule has 4 rings (SSSR count). The second-order valence-corrected chi connectivity index (χ2v) is 6.99. The minimum atomic E-state index is 0.364. The van der Waals surface area contributed by atoms with Crippen molar-refractivity contribution < 1.29 is 9.47 Å². The van der Waals surface area contributed by atoms with Gasteiger partial charge < -0.3 is 9.47 Å². The van der Waals surface area contributed by atoms with Crippen LogP contribution in [0.15, 0.2) is 30.6 Å². The summed E-state index contributed by atoms with van der Waals surface area (Å²) < 4.78 is 12.7. The first-order valence-electron chi connectivity index (χ1n) is 9.26. The van der Waals surface area contributed by atoms with Gasteiger partial charge in [0, 0.05) is 50.1 Å². The number of aromatic nitrogens is 4. The van der Waals surface area contributed by atoms with Crippen LogP contribution in [-0.2, 0) is 13.6 Å². The Balaban J connectivity index is 1.55. The molecule has 0 bridgehead atoms. The second-order valence-electron chi connectivity index (χ2n) is 6.99. The van der Waals surface area contributed by atoms with Crippen LogP contribution in [0, 0.1) is 0 Å². The van der Waals surface area contributed by atoms with Gasteiger partial charge in [-0.1, -0.05) is 6.07 Å². The largest absolute Gasteiger partial charge is 0.497 e. The first kappa shape index (κ1) is 17.7. The predicted octanol–water partition coefficient (Wildman–Crippen LogP) is 2.76. The lowest BCUT2D eigenvalue weighted by molar-refractivity contribution is 0.196. The molecule has 1 atom stereocenters. The van der Waals surface area contributed by atoms with Gasteiger partial charge in [0.1, 0.15) is 17.0 Å². The number of hydrogen-bond donors (Lipinski definition) is 0. The van der Waals surface area contributed by atoms with Gasteiger partial charge in [-0.25, -0.2) is 14.6 Å². The number of benzene rings is 1. The van der Waals surface area contributed by atoms with Gasteiger partial charge in [-0.05, 0) is 25.5 Å². The molecule has 142 valence electrons. The van der Waals surface area contributed by atoms with Crippen molar-refractivity contribution >= 4 is 11.2 Å². The third kappa shape index (κ3) is 3.47. The van der Waals surface area contributed by atoms with E-state index in [1.165, 1.54) is 5.56 Å². The van der Waals surface area contributed by atoms with E-state index in [1.807, 2.05) is 23.9 Å². The lowest BCUT2D eigenvalue weighted by atomic mass is 9.94. The average Bonchev–Trinajstić information content (AvgIpc) is 3.05. The number of methoxy groups -OCH3 is 2. The summed E-state index contributed by atoms with van der Waals surface area (Å²) in [5, 5.41) is 4.74. The smallest absolute Gasteiger partial charge is 0.176 e. The van der Waals surface area contributed by atoms with E-state index >= 15 is 0 Å². The van der Waals surface area contributed by atoms with Crippen molar-refractivity contribution in [3.05, 3.63) is 41.9 Å². The minimum absolute atomic E-state index is 0.364. The van der Waals surface area contributed by atoms with Crippen LogP contribution in [0.5, 0.6) is 11.5 Å². The Morgan fingerprint density at radius 1 is 1.15 bits per heavy atom. The molecular weight excluding hydrogens is 342 g/mol. The molecule has 1 saturated heterocycles. The number of rotatable bonds is 5. The van der Waals surface area contributed by atoms with Crippen molar-refractivity contribution in [1.29, 1.82) is 0 Å². The van der Waals surface area contributed by atoms with Gasteiger partial charge in [0.2, 0.25) is 0 Å². The summed E-state index contributed by atoms with van der Waals surface area (Å²) in [6.45, 7) is 2.88. The highest BCUT2D eigenvalue weighted by molar-refractivity contribution is 5.73. The van der Waals surface area contributed by atoms with E-state index < -0.39 is 0 Å². The van der Waals surface area contributed by atoms with Crippen LogP contribution in [0.2, 0.25) is 0 Å². The molecule has 7 nitrogen and oxygen atoms in total. The number of ether oxygens (including phenoxy) is 2. The zero-order valence-corrected chi connectivity index (χ0v) is 16.1. The molecule has 27 heavy (non-hydrogen) atoms. The third-order valence-electron chi connectivity index (χ3n) is 5.27. The highest BCUT2D eigenvalue weighted by atomic mass is 16.5. The van der Waals surface area contributed by atoms with E-state index in [0.29, 0.717) is 5.92 Å². The second kappa shape index (κ2) is 7.52. The Hall–Kier alpha value is -2.67. The molecule has 7 heteroatoms. The molecule has 3 aromatic rings. The van der Waals surface area contributed by atoms with E-state index in [0.717, 1.165) is 60.8 Å². The van der Waals surface area contributed by atoms with Gasteiger partial charge in [-0.2, -0.15) is 5.10 Å². The summed E-state index contributed by atoms with van der Waals surface area (Å²) in [5.41, 5.74) is 4.01. The fraction of sp³-hybridized carbons (Fsp3) is 0.450. The molecule has 1 aliphatic heterocycles. The molecule has 0 aliphatic carbocycles. The number of fused-ring (bicyclic) bond motifs is 1. The number of likely N-dealkylation sites (tertiary alicyclic amines) is 1. The van der Waals surface area contributed by atoms with Crippen LogP contribution in [0.4, 0.5) is 0 Å². The topological polar surface area (TPSA) is 65.3 Å². The lowest BCUT2D eigenvalue weighted by Gasteiger charge is -2.32. The zero-order valence-electron chi connectivity index (χ0n) is 16.1. The Labute approximate surface area is 158 Å². The van der Waals surface area contributed by atoms with Crippen LogP contribution in [0.25, 0.3) is 11.2 Å². The number of nitrogens with zero attached hydrogens (tertiary/aromatic N) is 5. The average molecular weight is 367 g/mol. The number of aryl methyl sites for hydroxylation is 1. The van der Waals surface area contributed by atoms with Crippen molar-refractivity contribution in [2.75, 3.05) is 27.3 Å². The quantitative estimate of drug-likeness (QED) is 0.691. The molecular formula is C20H25N5O2. The molecule has 0 saturated carbocycles. The molecule has 0 unspecified atom stereocenters. The van der Waals surface area contributed by atoms with Crippen molar-refractivity contribution in [2.24, 2.45) is 7.05 Å². The molecule has 2 aromatic heterocycles. The van der Waals surface area contributed by atoms with Crippen molar-refractivity contribution in [3.8, 4) is 11.5 Å². The third-order valence-corrected chi connectivity index (χ3v) is 5.27. The summed E-state index contributed by atoms with van der Waals surface area (Å²) in [6, 6.07) is 6.02. The summed E-state index contributed by atoms with van der Waals surface area (Å²) in [7, 11) is 5.31. The van der Waals surface area contributed by atoms with Gasteiger partial charge in [0.15, 0.2) is 5.65 Å². The van der Waals surface area contributed by atoms with E-state index in [2.05, 4.69) is 20.9 Å². The molecule has 1 fully saturated rings. The molecule has 0 spiro atoms. The summed E-state index contributed by atoms with van der Waals surface area (Å²) in [4.78, 5) is 11.4. The van der Waals surface area contributed by atoms with Crippen molar-refractivity contribution in [2.45, 2.75) is 25.3 Å². The van der Waals surface area contributed by atoms with Crippen LogP contribution in [0.1, 0.15) is 30.0 Å². The van der Waals surface area contributed by atoms with Crippen LogP contribution in [-0.4, -0.2) is 52.0 Å². The first-order valence-corrected chi connectivity index (χ1v) is 9.26. The van der Waals surface area contributed by atoms with Gasteiger partial charge >= 0.3 is 0 Å². The molecule has 0 radical (unpaired) electrons. The summed E-state index contributed by atoms with van der Waals surface area (Å²) in [6.07, 6.45) is 5.73. The molecule has 1 aliphatic rings. The summed E-state index contributed by atoms with van der Waals surface area (Å²) >= 11 is 0.